The van der Waals surface area contributed by atoms with Gasteiger partial charge in [-0.3, -0.25) is 4.68 Å². The van der Waals surface area contributed by atoms with Crippen LogP contribution in [0.3, 0.4) is 0 Å². The molecular formula is C12H7ClF3N3S. The Bertz CT molecular complexity index is 671. The Kier molecular flexibility index (Phi) is 3.97. The van der Waals surface area contributed by atoms with Gasteiger partial charge in [-0.2, -0.15) is 23.5 Å². The van der Waals surface area contributed by atoms with Gasteiger partial charge in [0.2, 0.25) is 0 Å². The Morgan fingerprint density at radius 3 is 2.40 bits per heavy atom. The molecule has 0 radical (unpaired) electrons. The van der Waals surface area contributed by atoms with Gasteiger partial charge in [-0.25, -0.2) is 0 Å². The first kappa shape index (κ1) is 14.8. The molecule has 0 aliphatic carbocycles. The van der Waals surface area contributed by atoms with Crippen molar-refractivity contribution in [1.82, 2.24) is 9.78 Å². The summed E-state index contributed by atoms with van der Waals surface area (Å²) in [6.07, 6.45) is -4.65. The lowest BCUT2D eigenvalue weighted by atomic mass is 10.2. The molecule has 0 saturated heterocycles. The second-order valence-electron chi connectivity index (χ2n) is 3.82. The second-order valence-corrected chi connectivity index (χ2v) is 5.32. The molecular weight excluding hydrogens is 311 g/mol. The summed E-state index contributed by atoms with van der Waals surface area (Å²) in [7, 11) is 1.37. The number of alkyl halides is 3. The van der Waals surface area contributed by atoms with E-state index in [1.54, 1.807) is 30.3 Å². The maximum absolute atomic E-state index is 12.8. The third-order valence-electron chi connectivity index (χ3n) is 2.40. The first-order chi connectivity index (χ1) is 9.32. The van der Waals surface area contributed by atoms with Crippen molar-refractivity contribution in [3.8, 4) is 6.07 Å². The Morgan fingerprint density at radius 2 is 1.90 bits per heavy atom. The largest absolute Gasteiger partial charge is 0.436 e. The minimum Gasteiger partial charge on any atom is -0.260 e. The lowest BCUT2D eigenvalue weighted by molar-refractivity contribution is -0.141. The first-order valence-electron chi connectivity index (χ1n) is 5.30. The monoisotopic (exact) mass is 317 g/mol. The van der Waals surface area contributed by atoms with Gasteiger partial charge in [0.1, 0.15) is 16.7 Å². The zero-order chi connectivity index (χ0) is 14.9. The van der Waals surface area contributed by atoms with E-state index in [4.69, 9.17) is 16.9 Å². The van der Waals surface area contributed by atoms with Crippen LogP contribution in [0.4, 0.5) is 13.2 Å². The van der Waals surface area contributed by atoms with Crippen molar-refractivity contribution < 1.29 is 13.2 Å². The zero-order valence-electron chi connectivity index (χ0n) is 10.1. The van der Waals surface area contributed by atoms with Crippen molar-refractivity contribution in [2.75, 3.05) is 0 Å². The Hall–Kier alpha value is -1.65. The highest BCUT2D eigenvalue weighted by Gasteiger charge is 2.39. The van der Waals surface area contributed by atoms with Crippen molar-refractivity contribution in [1.29, 1.82) is 5.26 Å². The van der Waals surface area contributed by atoms with Crippen molar-refractivity contribution in [2.24, 2.45) is 7.05 Å². The minimum atomic E-state index is -4.65. The number of halogens is 4. The Labute approximate surface area is 122 Å². The molecule has 2 rings (SSSR count). The lowest BCUT2D eigenvalue weighted by Crippen LogP contribution is -2.08. The van der Waals surface area contributed by atoms with Crippen LogP contribution in [0.5, 0.6) is 0 Å². The van der Waals surface area contributed by atoms with Crippen LogP contribution in [0.25, 0.3) is 0 Å². The molecule has 0 fully saturated rings. The van der Waals surface area contributed by atoms with Gasteiger partial charge in [-0.15, -0.1) is 0 Å². The molecule has 1 aromatic carbocycles. The van der Waals surface area contributed by atoms with Crippen molar-refractivity contribution in [3.63, 3.8) is 0 Å². The van der Waals surface area contributed by atoms with Gasteiger partial charge in [0.25, 0.3) is 0 Å². The number of aryl methyl sites for hydroxylation is 1. The molecule has 0 spiro atoms. The van der Waals surface area contributed by atoms with Crippen LogP contribution in [0, 0.1) is 11.3 Å². The smallest absolute Gasteiger partial charge is 0.260 e. The molecule has 104 valence electrons. The van der Waals surface area contributed by atoms with E-state index in [1.807, 2.05) is 0 Å². The third kappa shape index (κ3) is 2.92. The van der Waals surface area contributed by atoms with Crippen LogP contribution in [-0.2, 0) is 13.2 Å². The predicted molar refractivity (Wildman–Crippen MR) is 68.5 cm³/mol. The molecule has 2 aromatic rings. The quantitative estimate of drug-likeness (QED) is 0.837. The van der Waals surface area contributed by atoms with Gasteiger partial charge >= 0.3 is 6.18 Å². The molecule has 8 heteroatoms. The van der Waals surface area contributed by atoms with Crippen LogP contribution >= 0.6 is 23.4 Å². The second kappa shape index (κ2) is 5.38. The molecule has 3 nitrogen and oxygen atoms in total. The number of aromatic nitrogens is 2. The topological polar surface area (TPSA) is 41.6 Å². The fourth-order valence-electron chi connectivity index (χ4n) is 1.54. The summed E-state index contributed by atoms with van der Waals surface area (Å²) in [4.78, 5) is 0.669. The molecule has 0 atom stereocenters. The molecule has 0 N–H and O–H groups in total. The molecule has 0 aliphatic rings. The van der Waals surface area contributed by atoms with Crippen molar-refractivity contribution in [2.45, 2.75) is 16.1 Å². The van der Waals surface area contributed by atoms with Gasteiger partial charge in [0.05, 0.1) is 0 Å². The SMILES string of the molecule is Cn1nc(C(F)(F)F)c(C#N)c1Sc1ccc(Cl)cc1. The van der Waals surface area contributed by atoms with E-state index < -0.39 is 17.4 Å². The standard InChI is InChI=1S/C12H7ClF3N3S/c1-19-11(20-8-4-2-7(13)3-5-8)9(6-17)10(18-19)12(14,15)16/h2-5H,1H3. The number of rotatable bonds is 2. The molecule has 0 unspecified atom stereocenters. The lowest BCUT2D eigenvalue weighted by Gasteiger charge is -2.03. The maximum Gasteiger partial charge on any atom is 0.436 e. The molecule has 0 saturated carbocycles. The highest BCUT2D eigenvalue weighted by atomic mass is 35.5. The van der Waals surface area contributed by atoms with Crippen LogP contribution in [0.15, 0.2) is 34.2 Å². The van der Waals surface area contributed by atoms with Crippen LogP contribution in [0.1, 0.15) is 11.3 Å². The zero-order valence-corrected chi connectivity index (χ0v) is 11.6. The number of nitriles is 1. The maximum atomic E-state index is 12.8. The van der Waals surface area contributed by atoms with E-state index in [0.29, 0.717) is 9.92 Å². The van der Waals surface area contributed by atoms with E-state index in [2.05, 4.69) is 5.10 Å². The summed E-state index contributed by atoms with van der Waals surface area (Å²) >= 11 is 6.77. The highest BCUT2D eigenvalue weighted by molar-refractivity contribution is 7.99. The van der Waals surface area contributed by atoms with Gasteiger partial charge in [-0.05, 0) is 24.3 Å². The van der Waals surface area contributed by atoms with Crippen molar-refractivity contribution in [3.05, 3.63) is 40.5 Å². The molecule has 0 bridgehead atoms. The summed E-state index contributed by atoms with van der Waals surface area (Å²) in [6, 6.07) is 8.14. The summed E-state index contributed by atoms with van der Waals surface area (Å²) in [5.74, 6) is 0. The average molecular weight is 318 g/mol. The number of hydrogen-bond donors (Lipinski definition) is 0. The number of benzene rings is 1. The van der Waals surface area contributed by atoms with E-state index in [9.17, 15) is 13.2 Å². The highest BCUT2D eigenvalue weighted by Crippen LogP contribution is 2.37. The summed E-state index contributed by atoms with van der Waals surface area (Å²) in [6.45, 7) is 0. The molecule has 0 amide bonds. The van der Waals surface area contributed by atoms with E-state index >= 15 is 0 Å². The van der Waals surface area contributed by atoms with Gasteiger partial charge in [0.15, 0.2) is 5.69 Å². The number of nitrogens with zero attached hydrogens (tertiary/aromatic N) is 3. The summed E-state index contributed by atoms with van der Waals surface area (Å²) in [5.41, 5.74) is -1.64. The third-order valence-corrected chi connectivity index (χ3v) is 3.82. The Balaban J connectivity index is 2.45. The molecule has 1 aromatic heterocycles. The normalized spacial score (nSPS) is 11.4. The van der Waals surface area contributed by atoms with Crippen molar-refractivity contribution >= 4 is 23.4 Å². The molecule has 20 heavy (non-hydrogen) atoms. The van der Waals surface area contributed by atoms with E-state index in [-0.39, 0.29) is 5.03 Å². The van der Waals surface area contributed by atoms with Gasteiger partial charge in [-0.1, -0.05) is 23.4 Å². The van der Waals surface area contributed by atoms with E-state index in [1.165, 1.54) is 7.05 Å². The fraction of sp³-hybridized carbons (Fsp3) is 0.167. The molecule has 1 heterocycles. The summed E-state index contributed by atoms with van der Waals surface area (Å²) in [5, 5.41) is 13.0. The number of hydrogen-bond acceptors (Lipinski definition) is 3. The minimum absolute atomic E-state index is 0.141. The van der Waals surface area contributed by atoms with Gasteiger partial charge < -0.3 is 0 Å². The predicted octanol–water partition coefficient (Wildman–Crippen LogP) is 4.12. The first-order valence-corrected chi connectivity index (χ1v) is 6.50. The van der Waals surface area contributed by atoms with E-state index in [0.717, 1.165) is 16.4 Å². The van der Waals surface area contributed by atoms with Crippen LogP contribution in [0.2, 0.25) is 5.02 Å². The van der Waals surface area contributed by atoms with Crippen LogP contribution < -0.4 is 0 Å². The summed E-state index contributed by atoms with van der Waals surface area (Å²) < 4.78 is 39.4. The van der Waals surface area contributed by atoms with Crippen LogP contribution in [-0.4, -0.2) is 9.78 Å². The average Bonchev–Trinajstić information content (AvgIpc) is 2.69. The van der Waals surface area contributed by atoms with Gasteiger partial charge in [0, 0.05) is 17.0 Å². The molecule has 0 aliphatic heterocycles. The Morgan fingerprint density at radius 1 is 1.30 bits per heavy atom. The fourth-order valence-corrected chi connectivity index (χ4v) is 2.58.